The summed E-state index contributed by atoms with van der Waals surface area (Å²) in [6.45, 7) is 0. The van der Waals surface area contributed by atoms with Crippen LogP contribution in [0.4, 0.5) is 11.4 Å². The van der Waals surface area contributed by atoms with Crippen LogP contribution >= 0.6 is 0 Å². The Morgan fingerprint density at radius 1 is 1.36 bits per heavy atom. The average molecular weight is 150 g/mol. The first kappa shape index (κ1) is 7.68. The predicted molar refractivity (Wildman–Crippen MR) is 44.7 cm³/mol. The number of rotatable bonds is 2. The molecule has 0 aromatic heterocycles. The van der Waals surface area contributed by atoms with Crippen molar-refractivity contribution in [1.82, 2.24) is 0 Å². The molecule has 4 heteroatoms. The summed E-state index contributed by atoms with van der Waals surface area (Å²) >= 11 is 0. The first-order valence-electron chi connectivity index (χ1n) is 3.24. The average Bonchev–Trinajstić information content (AvgIpc) is 2.06. The molecule has 11 heavy (non-hydrogen) atoms. The van der Waals surface area contributed by atoms with E-state index in [9.17, 15) is 0 Å². The SMILES string of the molecule is CN=Nc1ccccc1NN. The van der Waals surface area contributed by atoms with Crippen molar-refractivity contribution in [3.63, 3.8) is 0 Å². The molecule has 3 N–H and O–H groups in total. The lowest BCUT2D eigenvalue weighted by molar-refractivity contribution is 1.16. The number of benzene rings is 1. The van der Waals surface area contributed by atoms with Crippen LogP contribution in [0.2, 0.25) is 0 Å². The van der Waals surface area contributed by atoms with Crippen molar-refractivity contribution in [1.29, 1.82) is 0 Å². The first-order chi connectivity index (χ1) is 5.38. The number of nitrogens with one attached hydrogen (secondary N) is 1. The van der Waals surface area contributed by atoms with Crippen LogP contribution in [0.5, 0.6) is 0 Å². The van der Waals surface area contributed by atoms with Crippen LogP contribution in [0, 0.1) is 0 Å². The zero-order valence-electron chi connectivity index (χ0n) is 6.28. The highest BCUT2D eigenvalue weighted by Gasteiger charge is 1.95. The van der Waals surface area contributed by atoms with E-state index in [1.165, 1.54) is 0 Å². The standard InChI is InChI=1S/C7H10N4/c1-9-11-7-5-3-2-4-6(7)10-8/h2-5,10H,8H2,1H3. The highest BCUT2D eigenvalue weighted by molar-refractivity contribution is 5.63. The van der Waals surface area contributed by atoms with Crippen molar-refractivity contribution >= 4 is 11.4 Å². The Morgan fingerprint density at radius 2 is 2.09 bits per heavy atom. The Morgan fingerprint density at radius 3 is 2.73 bits per heavy atom. The monoisotopic (exact) mass is 150 g/mol. The lowest BCUT2D eigenvalue weighted by Crippen LogP contribution is -2.06. The summed E-state index contributed by atoms with van der Waals surface area (Å²) in [6.07, 6.45) is 0. The molecule has 0 aliphatic carbocycles. The zero-order valence-corrected chi connectivity index (χ0v) is 6.28. The molecule has 1 aromatic rings. The number of anilines is 1. The van der Waals surface area contributed by atoms with Gasteiger partial charge in [-0.25, -0.2) is 0 Å². The second-order valence-corrected chi connectivity index (χ2v) is 1.96. The molecular formula is C7H10N4. The minimum atomic E-state index is 0.748. The molecule has 0 fully saturated rings. The predicted octanol–water partition coefficient (Wildman–Crippen LogP) is 1.69. The van der Waals surface area contributed by atoms with Gasteiger partial charge in [0, 0.05) is 7.05 Å². The highest BCUT2D eigenvalue weighted by Crippen LogP contribution is 2.22. The first-order valence-corrected chi connectivity index (χ1v) is 3.24. The fourth-order valence-electron chi connectivity index (χ4n) is 0.791. The lowest BCUT2D eigenvalue weighted by atomic mass is 10.3. The molecule has 58 valence electrons. The largest absolute Gasteiger partial charge is 0.322 e. The van der Waals surface area contributed by atoms with E-state index in [1.807, 2.05) is 24.3 Å². The smallest absolute Gasteiger partial charge is 0.110 e. The summed E-state index contributed by atoms with van der Waals surface area (Å²) in [5.74, 6) is 5.23. The van der Waals surface area contributed by atoms with Crippen molar-refractivity contribution in [2.45, 2.75) is 0 Å². The van der Waals surface area contributed by atoms with Crippen LogP contribution in [-0.4, -0.2) is 7.05 Å². The van der Waals surface area contributed by atoms with Gasteiger partial charge in [-0.2, -0.15) is 10.2 Å². The molecule has 0 heterocycles. The quantitative estimate of drug-likeness (QED) is 0.383. The van der Waals surface area contributed by atoms with Gasteiger partial charge in [0.25, 0.3) is 0 Å². The van der Waals surface area contributed by atoms with E-state index in [2.05, 4.69) is 15.7 Å². The van der Waals surface area contributed by atoms with E-state index in [1.54, 1.807) is 7.05 Å². The van der Waals surface area contributed by atoms with Gasteiger partial charge in [-0.15, -0.1) is 0 Å². The maximum absolute atomic E-state index is 5.23. The summed E-state index contributed by atoms with van der Waals surface area (Å²) < 4.78 is 0. The second-order valence-electron chi connectivity index (χ2n) is 1.96. The fraction of sp³-hybridized carbons (Fsp3) is 0.143. The Hall–Kier alpha value is -1.42. The highest BCUT2D eigenvalue weighted by atomic mass is 15.2. The molecule has 0 radical (unpaired) electrons. The third-order valence-electron chi connectivity index (χ3n) is 1.27. The number of nitrogen functional groups attached to an aromatic ring is 1. The number of nitrogens with two attached hydrogens (primary N) is 1. The maximum Gasteiger partial charge on any atom is 0.110 e. The molecular weight excluding hydrogens is 140 g/mol. The minimum Gasteiger partial charge on any atom is -0.322 e. The topological polar surface area (TPSA) is 62.8 Å². The van der Waals surface area contributed by atoms with Crippen molar-refractivity contribution in [2.24, 2.45) is 16.1 Å². The molecule has 1 rings (SSSR count). The van der Waals surface area contributed by atoms with Crippen LogP contribution in [0.1, 0.15) is 0 Å². The summed E-state index contributed by atoms with van der Waals surface area (Å²) in [7, 11) is 1.62. The number of hydrogen-bond donors (Lipinski definition) is 2. The van der Waals surface area contributed by atoms with E-state index < -0.39 is 0 Å². The van der Waals surface area contributed by atoms with Gasteiger partial charge in [0.1, 0.15) is 5.69 Å². The van der Waals surface area contributed by atoms with Gasteiger partial charge < -0.3 is 5.43 Å². The molecule has 0 amide bonds. The van der Waals surface area contributed by atoms with E-state index in [4.69, 9.17) is 5.84 Å². The Balaban J connectivity index is 3.02. The van der Waals surface area contributed by atoms with Crippen LogP contribution < -0.4 is 11.3 Å². The Labute approximate surface area is 65.1 Å². The molecule has 4 nitrogen and oxygen atoms in total. The second kappa shape index (κ2) is 3.68. The summed E-state index contributed by atoms with van der Waals surface area (Å²) in [5.41, 5.74) is 4.05. The molecule has 0 atom stereocenters. The lowest BCUT2D eigenvalue weighted by Gasteiger charge is -2.00. The van der Waals surface area contributed by atoms with Gasteiger partial charge in [-0.1, -0.05) is 12.1 Å². The van der Waals surface area contributed by atoms with Crippen LogP contribution in [0.15, 0.2) is 34.5 Å². The summed E-state index contributed by atoms with van der Waals surface area (Å²) in [6, 6.07) is 7.43. The number of hydrazine groups is 1. The van der Waals surface area contributed by atoms with Crippen LogP contribution in [-0.2, 0) is 0 Å². The van der Waals surface area contributed by atoms with Gasteiger partial charge in [0.15, 0.2) is 0 Å². The normalized spacial score (nSPS) is 10.4. The van der Waals surface area contributed by atoms with Crippen molar-refractivity contribution in [3.8, 4) is 0 Å². The molecule has 0 aliphatic rings. The number of hydrogen-bond acceptors (Lipinski definition) is 4. The number of para-hydroxylation sites is 1. The fourth-order valence-corrected chi connectivity index (χ4v) is 0.791. The van der Waals surface area contributed by atoms with E-state index in [-0.39, 0.29) is 0 Å². The maximum atomic E-state index is 5.23. The van der Waals surface area contributed by atoms with Gasteiger partial charge in [-0.3, -0.25) is 5.84 Å². The van der Waals surface area contributed by atoms with E-state index in [0.717, 1.165) is 11.4 Å². The number of azo groups is 1. The minimum absolute atomic E-state index is 0.748. The molecule has 0 saturated heterocycles. The molecule has 0 aliphatic heterocycles. The molecule has 0 unspecified atom stereocenters. The van der Waals surface area contributed by atoms with E-state index >= 15 is 0 Å². The summed E-state index contributed by atoms with van der Waals surface area (Å²) in [4.78, 5) is 0. The van der Waals surface area contributed by atoms with Crippen LogP contribution in [0.3, 0.4) is 0 Å². The van der Waals surface area contributed by atoms with Gasteiger partial charge in [-0.05, 0) is 12.1 Å². The summed E-state index contributed by atoms with van der Waals surface area (Å²) in [5, 5.41) is 7.50. The molecule has 0 bridgehead atoms. The molecule has 1 aromatic carbocycles. The van der Waals surface area contributed by atoms with Gasteiger partial charge in [0.05, 0.1) is 5.69 Å². The third-order valence-corrected chi connectivity index (χ3v) is 1.27. The Bertz CT molecular complexity index is 256. The Kier molecular flexibility index (Phi) is 2.57. The van der Waals surface area contributed by atoms with Crippen molar-refractivity contribution in [2.75, 3.05) is 12.5 Å². The molecule has 0 spiro atoms. The van der Waals surface area contributed by atoms with Gasteiger partial charge in [0.2, 0.25) is 0 Å². The third kappa shape index (κ3) is 1.75. The van der Waals surface area contributed by atoms with Gasteiger partial charge >= 0.3 is 0 Å². The zero-order chi connectivity index (χ0) is 8.10. The molecule has 0 saturated carbocycles. The number of nitrogens with zero attached hydrogens (tertiary/aromatic N) is 2. The van der Waals surface area contributed by atoms with Crippen LogP contribution in [0.25, 0.3) is 0 Å². The van der Waals surface area contributed by atoms with E-state index in [0.29, 0.717) is 0 Å². The van der Waals surface area contributed by atoms with Crippen molar-refractivity contribution < 1.29 is 0 Å². The van der Waals surface area contributed by atoms with Crippen molar-refractivity contribution in [3.05, 3.63) is 24.3 Å².